The summed E-state index contributed by atoms with van der Waals surface area (Å²) in [5, 5.41) is 2.60. The van der Waals surface area contributed by atoms with Crippen LogP contribution in [0.5, 0.6) is 11.5 Å². The highest BCUT2D eigenvalue weighted by Crippen LogP contribution is 2.36. The number of hydrogen-bond donors (Lipinski definition) is 1. The molecule has 2 aromatic rings. The Kier molecular flexibility index (Phi) is 4.76. The maximum atomic E-state index is 12.7. The summed E-state index contributed by atoms with van der Waals surface area (Å²) < 4.78 is 11.4. The van der Waals surface area contributed by atoms with Crippen LogP contribution >= 0.6 is 15.9 Å². The molecule has 3 rings (SSSR count). The largest absolute Gasteiger partial charge is 0.493 e. The highest BCUT2D eigenvalue weighted by atomic mass is 79.9. The van der Waals surface area contributed by atoms with Gasteiger partial charge in [-0.3, -0.25) is 4.79 Å². The van der Waals surface area contributed by atoms with E-state index in [1.807, 2.05) is 6.07 Å². The molecule has 1 heterocycles. The quantitative estimate of drug-likeness (QED) is 0.626. The van der Waals surface area contributed by atoms with Crippen LogP contribution in [0.25, 0.3) is 6.08 Å². The highest BCUT2D eigenvalue weighted by molar-refractivity contribution is 9.10. The summed E-state index contributed by atoms with van der Waals surface area (Å²) in [5.74, 6) is 0.552. The van der Waals surface area contributed by atoms with E-state index in [0.717, 1.165) is 9.37 Å². The number of anilines is 1. The zero-order valence-electron chi connectivity index (χ0n) is 13.6. The van der Waals surface area contributed by atoms with Gasteiger partial charge in [-0.1, -0.05) is 34.1 Å². The highest BCUT2D eigenvalue weighted by Gasteiger charge is 2.35. The van der Waals surface area contributed by atoms with Gasteiger partial charge < -0.3 is 14.8 Å². The van der Waals surface area contributed by atoms with Crippen molar-refractivity contribution in [3.8, 4) is 11.5 Å². The van der Waals surface area contributed by atoms with E-state index in [1.54, 1.807) is 42.5 Å². The maximum absolute atomic E-state index is 12.7. The van der Waals surface area contributed by atoms with Crippen LogP contribution in [0.2, 0.25) is 0 Å². The van der Waals surface area contributed by atoms with Crippen molar-refractivity contribution in [2.75, 3.05) is 19.1 Å². The number of halogens is 1. The average molecular weight is 403 g/mol. The first-order valence-corrected chi connectivity index (χ1v) is 8.18. The lowest BCUT2D eigenvalue weighted by Crippen LogP contribution is -2.30. The van der Waals surface area contributed by atoms with Crippen LogP contribution in [0.4, 0.5) is 10.5 Å². The Labute approximate surface area is 153 Å². The lowest BCUT2D eigenvalue weighted by atomic mass is 10.1. The predicted molar refractivity (Wildman–Crippen MR) is 97.7 cm³/mol. The van der Waals surface area contributed by atoms with E-state index in [0.29, 0.717) is 22.7 Å². The summed E-state index contributed by atoms with van der Waals surface area (Å²) in [6, 6.07) is 11.8. The van der Waals surface area contributed by atoms with Crippen molar-refractivity contribution in [2.24, 2.45) is 0 Å². The molecule has 0 aliphatic carbocycles. The normalized spacial score (nSPS) is 15.5. The van der Waals surface area contributed by atoms with Gasteiger partial charge in [-0.15, -0.1) is 0 Å². The molecule has 0 spiro atoms. The third-order valence-electron chi connectivity index (χ3n) is 3.66. The molecule has 3 amide bonds. The van der Waals surface area contributed by atoms with Gasteiger partial charge in [-0.05, 0) is 30.3 Å². The number of amides is 3. The molecule has 1 aliphatic rings. The van der Waals surface area contributed by atoms with Crippen LogP contribution in [0, 0.1) is 0 Å². The molecule has 7 heteroatoms. The molecule has 0 saturated carbocycles. The lowest BCUT2D eigenvalue weighted by Gasteiger charge is -2.12. The van der Waals surface area contributed by atoms with Crippen LogP contribution in [0.15, 0.2) is 52.6 Å². The Bertz CT molecular complexity index is 865. The number of nitrogens with zero attached hydrogens (tertiary/aromatic N) is 1. The molecule has 1 saturated heterocycles. The fraction of sp³-hybridized carbons (Fsp3) is 0.111. The molecule has 128 valence electrons. The van der Waals surface area contributed by atoms with Crippen LogP contribution < -0.4 is 19.7 Å². The molecule has 1 N–H and O–H groups in total. The maximum Gasteiger partial charge on any atom is 0.333 e. The summed E-state index contributed by atoms with van der Waals surface area (Å²) in [5.41, 5.74) is 1.27. The van der Waals surface area contributed by atoms with E-state index < -0.39 is 11.9 Å². The SMILES string of the molecule is COc1cc(Br)cc(/C=C2\NC(=O)N(c3ccccc3)C2=O)c1OC. The first kappa shape index (κ1) is 17.0. The van der Waals surface area contributed by atoms with Crippen molar-refractivity contribution in [2.45, 2.75) is 0 Å². The van der Waals surface area contributed by atoms with Crippen LogP contribution in [0.3, 0.4) is 0 Å². The van der Waals surface area contributed by atoms with Gasteiger partial charge in [0.25, 0.3) is 5.91 Å². The first-order valence-electron chi connectivity index (χ1n) is 7.39. The van der Waals surface area contributed by atoms with Crippen molar-refractivity contribution in [3.63, 3.8) is 0 Å². The summed E-state index contributed by atoms with van der Waals surface area (Å²) in [6.45, 7) is 0. The lowest BCUT2D eigenvalue weighted by molar-refractivity contribution is -0.113. The van der Waals surface area contributed by atoms with Gasteiger partial charge in [0.15, 0.2) is 11.5 Å². The summed E-state index contributed by atoms with van der Waals surface area (Å²) >= 11 is 3.39. The van der Waals surface area contributed by atoms with E-state index in [2.05, 4.69) is 21.2 Å². The molecule has 0 unspecified atom stereocenters. The Hall–Kier alpha value is -2.80. The second-order valence-electron chi connectivity index (χ2n) is 5.19. The van der Waals surface area contributed by atoms with Gasteiger partial charge in [-0.25, -0.2) is 9.69 Å². The number of nitrogens with one attached hydrogen (secondary N) is 1. The molecule has 0 atom stereocenters. The second kappa shape index (κ2) is 6.98. The first-order chi connectivity index (χ1) is 12.0. The fourth-order valence-corrected chi connectivity index (χ4v) is 3.02. The minimum Gasteiger partial charge on any atom is -0.493 e. The zero-order valence-corrected chi connectivity index (χ0v) is 15.2. The average Bonchev–Trinajstić information content (AvgIpc) is 2.88. The molecule has 6 nitrogen and oxygen atoms in total. The van der Waals surface area contributed by atoms with Crippen LogP contribution in [-0.2, 0) is 4.79 Å². The van der Waals surface area contributed by atoms with Crippen molar-refractivity contribution < 1.29 is 19.1 Å². The van der Waals surface area contributed by atoms with Gasteiger partial charge in [0, 0.05) is 10.0 Å². The van der Waals surface area contributed by atoms with Crippen molar-refractivity contribution in [1.82, 2.24) is 5.32 Å². The number of hydrogen-bond acceptors (Lipinski definition) is 4. The number of carbonyl (C=O) groups excluding carboxylic acids is 2. The van der Waals surface area contributed by atoms with Crippen LogP contribution in [-0.4, -0.2) is 26.2 Å². The van der Waals surface area contributed by atoms with Gasteiger partial charge in [0.2, 0.25) is 0 Å². The van der Waals surface area contributed by atoms with E-state index in [4.69, 9.17) is 9.47 Å². The number of methoxy groups -OCH3 is 2. The molecule has 0 aromatic heterocycles. The van der Waals surface area contributed by atoms with E-state index >= 15 is 0 Å². The molecule has 25 heavy (non-hydrogen) atoms. The van der Waals surface area contributed by atoms with Crippen LogP contribution in [0.1, 0.15) is 5.56 Å². The summed E-state index contributed by atoms with van der Waals surface area (Å²) in [7, 11) is 3.04. The molecule has 1 fully saturated rings. The van der Waals surface area contributed by atoms with Crippen molar-refractivity contribution in [3.05, 3.63) is 58.2 Å². The van der Waals surface area contributed by atoms with E-state index in [9.17, 15) is 9.59 Å². The fourth-order valence-electron chi connectivity index (χ4n) is 2.57. The topological polar surface area (TPSA) is 67.9 Å². The Morgan fingerprint density at radius 1 is 1.08 bits per heavy atom. The molecular weight excluding hydrogens is 388 g/mol. The number of urea groups is 1. The van der Waals surface area contributed by atoms with Crippen molar-refractivity contribution >= 4 is 39.6 Å². The number of carbonyl (C=O) groups is 2. The summed E-state index contributed by atoms with van der Waals surface area (Å²) in [6.07, 6.45) is 1.56. The third kappa shape index (κ3) is 3.23. The Morgan fingerprint density at radius 2 is 1.80 bits per heavy atom. The Balaban J connectivity index is 2.02. The monoisotopic (exact) mass is 402 g/mol. The number of ether oxygens (including phenoxy) is 2. The van der Waals surface area contributed by atoms with E-state index in [-0.39, 0.29) is 5.70 Å². The predicted octanol–water partition coefficient (Wildman–Crippen LogP) is 3.56. The van der Waals surface area contributed by atoms with Gasteiger partial charge in [-0.2, -0.15) is 0 Å². The van der Waals surface area contributed by atoms with Gasteiger partial charge >= 0.3 is 6.03 Å². The molecule has 0 bridgehead atoms. The number of rotatable bonds is 4. The third-order valence-corrected chi connectivity index (χ3v) is 4.12. The molecule has 2 aromatic carbocycles. The smallest absolute Gasteiger partial charge is 0.333 e. The zero-order chi connectivity index (χ0) is 18.0. The minimum absolute atomic E-state index is 0.160. The van der Waals surface area contributed by atoms with E-state index in [1.165, 1.54) is 14.2 Å². The Morgan fingerprint density at radius 3 is 2.44 bits per heavy atom. The van der Waals surface area contributed by atoms with Crippen molar-refractivity contribution in [1.29, 1.82) is 0 Å². The minimum atomic E-state index is -0.497. The van der Waals surface area contributed by atoms with Gasteiger partial charge in [0.05, 0.1) is 19.9 Å². The standard InChI is InChI=1S/C18H15BrN2O4/c1-24-15-10-12(19)8-11(16(15)25-2)9-14-17(22)21(18(23)20-14)13-6-4-3-5-7-13/h3-10H,1-2H3,(H,20,23)/b14-9-. The van der Waals surface area contributed by atoms with Gasteiger partial charge in [0.1, 0.15) is 5.70 Å². The number of imide groups is 1. The summed E-state index contributed by atoms with van der Waals surface area (Å²) in [4.78, 5) is 26.0. The number of benzene rings is 2. The molecule has 0 radical (unpaired) electrons. The number of para-hydroxylation sites is 1. The second-order valence-corrected chi connectivity index (χ2v) is 6.11. The molecular formula is C18H15BrN2O4. The molecule has 1 aliphatic heterocycles.